The molecule has 5 heteroatoms. The van der Waals surface area contributed by atoms with Crippen LogP contribution >= 0.6 is 27.5 Å². The lowest BCUT2D eigenvalue weighted by Gasteiger charge is -2.06. The first-order chi connectivity index (χ1) is 8.00. The van der Waals surface area contributed by atoms with Crippen LogP contribution in [0.3, 0.4) is 0 Å². The van der Waals surface area contributed by atoms with Gasteiger partial charge in [0.1, 0.15) is 5.69 Å². The van der Waals surface area contributed by atoms with E-state index in [2.05, 4.69) is 21.1 Å². The Bertz CT molecular complexity index is 551. The molecule has 1 aromatic carbocycles. The van der Waals surface area contributed by atoms with E-state index in [1.54, 1.807) is 0 Å². The summed E-state index contributed by atoms with van der Waals surface area (Å²) >= 11 is 9.42. The van der Waals surface area contributed by atoms with Gasteiger partial charge in [0, 0.05) is 15.6 Å². The minimum atomic E-state index is 0.249. The van der Waals surface area contributed by atoms with Crippen molar-refractivity contribution in [3.8, 4) is 11.3 Å². The number of nitrogen functional groups attached to an aromatic ring is 1. The topological polar surface area (TPSA) is 52.0 Å². The molecule has 0 aliphatic carbocycles. The molecule has 0 aliphatic rings. The van der Waals surface area contributed by atoms with Crippen LogP contribution in [0.4, 0.5) is 5.88 Å². The minimum Gasteiger partial charge on any atom is -0.367 e. The molecule has 0 atom stereocenters. The third kappa shape index (κ3) is 2.33. The molecule has 0 saturated carbocycles. The highest BCUT2D eigenvalue weighted by Gasteiger charge is 2.18. The maximum atomic E-state index is 6.07. The number of benzene rings is 1. The molecule has 1 heterocycles. The van der Waals surface area contributed by atoms with E-state index in [9.17, 15) is 0 Å². The van der Waals surface area contributed by atoms with Crippen molar-refractivity contribution in [1.29, 1.82) is 0 Å². The molecule has 0 fully saturated rings. The Balaban J connectivity index is 2.56. The molecule has 0 radical (unpaired) electrons. The van der Waals surface area contributed by atoms with Crippen LogP contribution in [0.15, 0.2) is 27.2 Å². The zero-order valence-electron chi connectivity index (χ0n) is 9.50. The van der Waals surface area contributed by atoms with E-state index in [4.69, 9.17) is 21.9 Å². The first-order valence-electron chi connectivity index (χ1n) is 5.21. The molecular weight excluding hydrogens is 304 g/mol. The fraction of sp³-hybridized carbons (Fsp3) is 0.250. The Morgan fingerprint density at radius 3 is 2.71 bits per heavy atom. The summed E-state index contributed by atoms with van der Waals surface area (Å²) in [7, 11) is 0. The molecule has 90 valence electrons. The fourth-order valence-electron chi connectivity index (χ4n) is 1.72. The van der Waals surface area contributed by atoms with Crippen LogP contribution in [-0.4, -0.2) is 5.16 Å². The number of halogens is 2. The van der Waals surface area contributed by atoms with Gasteiger partial charge in [-0.3, -0.25) is 0 Å². The average Bonchev–Trinajstić information content (AvgIpc) is 2.64. The summed E-state index contributed by atoms with van der Waals surface area (Å²) in [5.74, 6) is 0.618. The second-order valence-corrected chi connectivity index (χ2v) is 5.35. The van der Waals surface area contributed by atoms with Crippen molar-refractivity contribution in [1.82, 2.24) is 5.16 Å². The number of rotatable bonds is 2. The Morgan fingerprint density at radius 1 is 1.41 bits per heavy atom. The summed E-state index contributed by atoms with van der Waals surface area (Å²) in [6.07, 6.45) is 0. The van der Waals surface area contributed by atoms with Gasteiger partial charge in [0.05, 0.1) is 5.02 Å². The molecule has 0 amide bonds. The smallest absolute Gasteiger partial charge is 0.226 e. The lowest BCUT2D eigenvalue weighted by atomic mass is 9.99. The SMILES string of the molecule is CC(C)c1c(-c2ccc(Br)c(Cl)c2)noc1N. The Kier molecular flexibility index (Phi) is 3.45. The third-order valence-electron chi connectivity index (χ3n) is 2.53. The zero-order chi connectivity index (χ0) is 12.6. The Morgan fingerprint density at radius 2 is 2.12 bits per heavy atom. The second kappa shape index (κ2) is 4.70. The van der Waals surface area contributed by atoms with Gasteiger partial charge in [-0.1, -0.05) is 36.7 Å². The fourth-order valence-corrected chi connectivity index (χ4v) is 2.15. The minimum absolute atomic E-state index is 0.249. The first-order valence-corrected chi connectivity index (χ1v) is 6.38. The van der Waals surface area contributed by atoms with Gasteiger partial charge in [0.15, 0.2) is 0 Å². The average molecular weight is 316 g/mol. The number of hydrogen-bond donors (Lipinski definition) is 1. The lowest BCUT2D eigenvalue weighted by molar-refractivity contribution is 0.438. The lowest BCUT2D eigenvalue weighted by Crippen LogP contribution is -1.94. The summed E-state index contributed by atoms with van der Waals surface area (Å²) in [4.78, 5) is 0. The van der Waals surface area contributed by atoms with E-state index in [-0.39, 0.29) is 5.92 Å². The monoisotopic (exact) mass is 314 g/mol. The zero-order valence-corrected chi connectivity index (χ0v) is 11.8. The van der Waals surface area contributed by atoms with Gasteiger partial charge >= 0.3 is 0 Å². The molecule has 2 aromatic rings. The standard InChI is InChI=1S/C12H12BrClN2O/c1-6(2)10-11(16-17-12(10)15)7-3-4-8(13)9(14)5-7/h3-6H,15H2,1-2H3. The highest BCUT2D eigenvalue weighted by Crippen LogP contribution is 2.35. The third-order valence-corrected chi connectivity index (χ3v) is 3.76. The number of aromatic nitrogens is 1. The quantitative estimate of drug-likeness (QED) is 0.890. The molecule has 17 heavy (non-hydrogen) atoms. The predicted octanol–water partition coefficient (Wildman–Crippen LogP) is 4.46. The van der Waals surface area contributed by atoms with Crippen LogP contribution in [-0.2, 0) is 0 Å². The molecule has 2 N–H and O–H groups in total. The normalized spacial score (nSPS) is 11.1. The van der Waals surface area contributed by atoms with Crippen LogP contribution in [0.25, 0.3) is 11.3 Å². The summed E-state index contributed by atoms with van der Waals surface area (Å²) in [6.45, 7) is 4.10. The van der Waals surface area contributed by atoms with Crippen LogP contribution in [0.1, 0.15) is 25.3 Å². The molecule has 0 bridgehead atoms. The molecule has 3 nitrogen and oxygen atoms in total. The number of nitrogens with zero attached hydrogens (tertiary/aromatic N) is 1. The number of anilines is 1. The van der Waals surface area contributed by atoms with Crippen molar-refractivity contribution in [3.63, 3.8) is 0 Å². The Hall–Kier alpha value is -1.00. The predicted molar refractivity (Wildman–Crippen MR) is 73.2 cm³/mol. The van der Waals surface area contributed by atoms with Gasteiger partial charge in [0.25, 0.3) is 0 Å². The van der Waals surface area contributed by atoms with E-state index < -0.39 is 0 Å². The molecule has 0 saturated heterocycles. The number of nitrogens with two attached hydrogens (primary N) is 1. The van der Waals surface area contributed by atoms with Gasteiger partial charge in [-0.05, 0) is 34.0 Å². The van der Waals surface area contributed by atoms with Crippen molar-refractivity contribution in [2.45, 2.75) is 19.8 Å². The summed E-state index contributed by atoms with van der Waals surface area (Å²) in [6, 6.07) is 5.65. The van der Waals surface area contributed by atoms with Crippen molar-refractivity contribution in [2.24, 2.45) is 0 Å². The van der Waals surface area contributed by atoms with E-state index >= 15 is 0 Å². The van der Waals surface area contributed by atoms with E-state index in [1.165, 1.54) is 0 Å². The van der Waals surface area contributed by atoms with Crippen molar-refractivity contribution in [3.05, 3.63) is 33.3 Å². The van der Waals surface area contributed by atoms with Gasteiger partial charge in [-0.15, -0.1) is 0 Å². The summed E-state index contributed by atoms with van der Waals surface area (Å²) < 4.78 is 5.91. The van der Waals surface area contributed by atoms with Crippen LogP contribution in [0, 0.1) is 0 Å². The van der Waals surface area contributed by atoms with E-state index in [0.29, 0.717) is 10.9 Å². The molecular formula is C12H12BrClN2O. The first kappa shape index (κ1) is 12.5. The Labute approximate surface area is 113 Å². The van der Waals surface area contributed by atoms with Gasteiger partial charge in [0.2, 0.25) is 5.88 Å². The van der Waals surface area contributed by atoms with Crippen molar-refractivity contribution < 1.29 is 4.52 Å². The summed E-state index contributed by atoms with van der Waals surface area (Å²) in [5.41, 5.74) is 8.36. The van der Waals surface area contributed by atoms with Gasteiger partial charge < -0.3 is 10.3 Å². The second-order valence-electron chi connectivity index (χ2n) is 4.09. The largest absolute Gasteiger partial charge is 0.367 e. The van der Waals surface area contributed by atoms with Crippen LogP contribution in [0.2, 0.25) is 5.02 Å². The molecule has 0 unspecified atom stereocenters. The molecule has 2 rings (SSSR count). The van der Waals surface area contributed by atoms with Crippen molar-refractivity contribution >= 4 is 33.4 Å². The van der Waals surface area contributed by atoms with Crippen LogP contribution < -0.4 is 5.73 Å². The molecule has 0 spiro atoms. The number of hydrogen-bond acceptors (Lipinski definition) is 3. The molecule has 1 aromatic heterocycles. The van der Waals surface area contributed by atoms with E-state index in [1.807, 2.05) is 32.0 Å². The van der Waals surface area contributed by atoms with Crippen LogP contribution in [0.5, 0.6) is 0 Å². The highest BCUT2D eigenvalue weighted by molar-refractivity contribution is 9.10. The summed E-state index contributed by atoms with van der Waals surface area (Å²) in [5, 5.41) is 4.64. The van der Waals surface area contributed by atoms with Crippen molar-refractivity contribution in [2.75, 3.05) is 5.73 Å². The maximum Gasteiger partial charge on any atom is 0.226 e. The van der Waals surface area contributed by atoms with E-state index in [0.717, 1.165) is 21.3 Å². The maximum absolute atomic E-state index is 6.07. The van der Waals surface area contributed by atoms with Gasteiger partial charge in [-0.2, -0.15) is 0 Å². The molecule has 0 aliphatic heterocycles. The van der Waals surface area contributed by atoms with Gasteiger partial charge in [-0.25, -0.2) is 0 Å². The highest BCUT2D eigenvalue weighted by atomic mass is 79.9.